The van der Waals surface area contributed by atoms with Gasteiger partial charge in [-0.1, -0.05) is 0 Å². The molecule has 2 N–H and O–H groups in total. The van der Waals surface area contributed by atoms with E-state index in [0.29, 0.717) is 53.7 Å². The first-order valence-electron chi connectivity index (χ1n) is 12.8. The Hall–Kier alpha value is -3.63. The molecule has 8 nitrogen and oxygen atoms in total. The number of aromatic nitrogens is 3. The van der Waals surface area contributed by atoms with Crippen LogP contribution in [0.1, 0.15) is 54.2 Å². The summed E-state index contributed by atoms with van der Waals surface area (Å²) in [7, 11) is 0. The molecule has 2 aliphatic carbocycles. The molecule has 3 aromatic rings. The molecule has 3 heterocycles. The minimum atomic E-state index is -4.54. The average Bonchev–Trinajstić information content (AvgIpc) is 3.76. The molecule has 200 valence electrons. The summed E-state index contributed by atoms with van der Waals surface area (Å²) in [6.45, 7) is 4.75. The number of hydrogen-bond acceptors (Lipinski definition) is 5. The number of carbonyl (C=O) groups excluding carboxylic acids is 2. The molecular weight excluding hydrogens is 499 g/mol. The van der Waals surface area contributed by atoms with Crippen molar-refractivity contribution in [3.63, 3.8) is 0 Å². The summed E-state index contributed by atoms with van der Waals surface area (Å²) in [6.07, 6.45) is 0.672. The highest BCUT2D eigenvalue weighted by Gasteiger charge is 2.56. The van der Waals surface area contributed by atoms with Crippen molar-refractivity contribution in [2.24, 2.45) is 11.3 Å². The van der Waals surface area contributed by atoms with E-state index in [1.54, 1.807) is 11.8 Å². The molecule has 2 amide bonds. The number of hydrogen-bond donors (Lipinski definition) is 2. The second kappa shape index (κ2) is 8.71. The van der Waals surface area contributed by atoms with Crippen LogP contribution in [0.3, 0.4) is 0 Å². The second-order valence-corrected chi connectivity index (χ2v) is 10.8. The average molecular weight is 528 g/mol. The molecule has 1 atom stereocenters. The molecule has 2 saturated carbocycles. The maximum atomic E-state index is 13.6. The smallest absolute Gasteiger partial charge is 0.416 e. The van der Waals surface area contributed by atoms with Crippen molar-refractivity contribution >= 4 is 22.8 Å². The fourth-order valence-electron chi connectivity index (χ4n) is 5.42. The number of aromatic amines is 1. The van der Waals surface area contributed by atoms with E-state index in [9.17, 15) is 22.8 Å². The van der Waals surface area contributed by atoms with Gasteiger partial charge in [0.2, 0.25) is 5.91 Å². The van der Waals surface area contributed by atoms with Crippen LogP contribution in [0.5, 0.6) is 5.75 Å². The number of H-pyrrole nitrogens is 1. The Labute approximate surface area is 217 Å². The van der Waals surface area contributed by atoms with Crippen LogP contribution < -0.4 is 10.1 Å². The van der Waals surface area contributed by atoms with Crippen LogP contribution in [0.4, 0.5) is 13.2 Å². The summed E-state index contributed by atoms with van der Waals surface area (Å²) in [4.78, 5) is 39.0. The monoisotopic (exact) mass is 527 g/mol. The van der Waals surface area contributed by atoms with Gasteiger partial charge in [-0.05, 0) is 56.7 Å². The number of nitrogens with zero attached hydrogens (tertiary/aromatic N) is 3. The number of fused-ring (bicyclic) bond motifs is 1. The van der Waals surface area contributed by atoms with Crippen LogP contribution in [-0.2, 0) is 11.0 Å². The van der Waals surface area contributed by atoms with E-state index < -0.39 is 11.7 Å². The third-order valence-corrected chi connectivity index (χ3v) is 8.02. The number of ether oxygens (including phenoxy) is 1. The highest BCUT2D eigenvalue weighted by Crippen LogP contribution is 2.53. The van der Waals surface area contributed by atoms with E-state index in [2.05, 4.69) is 20.3 Å². The molecule has 2 aromatic heterocycles. The molecule has 6 rings (SSSR count). The molecule has 3 aliphatic rings. The van der Waals surface area contributed by atoms with Gasteiger partial charge in [0.05, 0.1) is 29.3 Å². The Bertz CT molecular complexity index is 1440. The number of amides is 2. The second-order valence-electron chi connectivity index (χ2n) is 10.8. The zero-order valence-electron chi connectivity index (χ0n) is 21.1. The lowest BCUT2D eigenvalue weighted by Gasteiger charge is -2.18. The molecule has 1 spiro atoms. The fraction of sp³-hybridized carbons (Fsp3) is 0.481. The number of carbonyl (C=O) groups is 2. The number of alkyl halides is 3. The lowest BCUT2D eigenvalue weighted by molar-refractivity contribution is -0.137. The van der Waals surface area contributed by atoms with Crippen LogP contribution in [0.15, 0.2) is 24.5 Å². The molecule has 0 radical (unpaired) electrons. The Morgan fingerprint density at radius 2 is 2.00 bits per heavy atom. The van der Waals surface area contributed by atoms with Crippen molar-refractivity contribution in [3.8, 4) is 17.0 Å². The number of nitrogens with one attached hydrogen (secondary N) is 2. The summed E-state index contributed by atoms with van der Waals surface area (Å²) in [6, 6.07) is 3.19. The number of likely N-dealkylation sites (tertiary alicyclic amines) is 1. The van der Waals surface area contributed by atoms with Crippen molar-refractivity contribution in [1.29, 1.82) is 0 Å². The summed E-state index contributed by atoms with van der Waals surface area (Å²) >= 11 is 0. The minimum absolute atomic E-state index is 0.0190. The number of benzene rings is 1. The molecule has 1 aromatic carbocycles. The molecule has 1 saturated heterocycles. The molecule has 1 aliphatic heterocycles. The van der Waals surface area contributed by atoms with E-state index in [1.165, 1.54) is 19.3 Å². The molecule has 1 unspecified atom stereocenters. The van der Waals surface area contributed by atoms with Crippen molar-refractivity contribution < 1.29 is 27.5 Å². The standard InChI is InChI=1S/C27H28F3N5O3/c1-14-21(25(37)34-20-10-35(15(2)36)12-26(20)7-8-26)23-24(33-14)22(31-13-32-23)18-9-17(27(28,29)30)5-6-19(18)38-11-16-3-4-16/h5-6,9,13,16,20,33H,3-4,7-8,10-12H2,1-2H3,(H,34,37). The van der Waals surface area contributed by atoms with Crippen molar-refractivity contribution in [1.82, 2.24) is 25.2 Å². The van der Waals surface area contributed by atoms with E-state index in [4.69, 9.17) is 4.74 Å². The maximum absolute atomic E-state index is 13.6. The highest BCUT2D eigenvalue weighted by molar-refractivity contribution is 6.09. The van der Waals surface area contributed by atoms with Crippen LogP contribution in [0, 0.1) is 18.3 Å². The SMILES string of the molecule is CC(=O)N1CC(NC(=O)c2c(C)[nH]c3c(-c4cc(C(F)(F)F)ccc4OCC4CC4)ncnc23)C2(CC2)C1. The van der Waals surface area contributed by atoms with E-state index in [-0.39, 0.29) is 34.5 Å². The van der Waals surface area contributed by atoms with Crippen LogP contribution in [0.2, 0.25) is 0 Å². The van der Waals surface area contributed by atoms with Gasteiger partial charge in [-0.25, -0.2) is 9.97 Å². The van der Waals surface area contributed by atoms with Crippen molar-refractivity contribution in [3.05, 3.63) is 41.3 Å². The molecule has 38 heavy (non-hydrogen) atoms. The van der Waals surface area contributed by atoms with Gasteiger partial charge in [0, 0.05) is 36.7 Å². The minimum Gasteiger partial charge on any atom is -0.493 e. The molecule has 3 fully saturated rings. The van der Waals surface area contributed by atoms with E-state index >= 15 is 0 Å². The Morgan fingerprint density at radius 3 is 2.66 bits per heavy atom. The maximum Gasteiger partial charge on any atom is 0.416 e. The first-order chi connectivity index (χ1) is 18.1. The largest absolute Gasteiger partial charge is 0.493 e. The van der Waals surface area contributed by atoms with Crippen LogP contribution in [-0.4, -0.2) is 57.4 Å². The van der Waals surface area contributed by atoms with Gasteiger partial charge in [0.15, 0.2) is 0 Å². The van der Waals surface area contributed by atoms with Crippen LogP contribution in [0.25, 0.3) is 22.3 Å². The number of aryl methyl sites for hydroxylation is 1. The zero-order valence-corrected chi connectivity index (χ0v) is 21.1. The quantitative estimate of drug-likeness (QED) is 0.492. The molecule has 0 bridgehead atoms. The van der Waals surface area contributed by atoms with Gasteiger partial charge < -0.3 is 19.9 Å². The Kier molecular flexibility index (Phi) is 5.66. The lowest BCUT2D eigenvalue weighted by Crippen LogP contribution is -2.41. The lowest BCUT2D eigenvalue weighted by atomic mass is 10.00. The van der Waals surface area contributed by atoms with Crippen molar-refractivity contribution in [2.75, 3.05) is 19.7 Å². The zero-order chi connectivity index (χ0) is 26.8. The van der Waals surface area contributed by atoms with E-state index in [1.807, 2.05) is 0 Å². The fourth-order valence-corrected chi connectivity index (χ4v) is 5.42. The van der Waals surface area contributed by atoms with Gasteiger partial charge in [-0.2, -0.15) is 13.2 Å². The predicted molar refractivity (Wildman–Crippen MR) is 132 cm³/mol. The Balaban J connectivity index is 1.37. The van der Waals surface area contributed by atoms with Crippen LogP contribution >= 0.6 is 0 Å². The van der Waals surface area contributed by atoms with Gasteiger partial charge in [0.1, 0.15) is 23.3 Å². The van der Waals surface area contributed by atoms with Gasteiger partial charge >= 0.3 is 6.18 Å². The summed E-state index contributed by atoms with van der Waals surface area (Å²) in [5, 5.41) is 3.10. The third-order valence-electron chi connectivity index (χ3n) is 8.02. The normalized spacial score (nSPS) is 20.2. The van der Waals surface area contributed by atoms with Gasteiger partial charge in [-0.15, -0.1) is 0 Å². The summed E-state index contributed by atoms with van der Waals surface area (Å²) in [5.41, 5.74) is 1.04. The van der Waals surface area contributed by atoms with Gasteiger partial charge in [0.25, 0.3) is 5.91 Å². The highest BCUT2D eigenvalue weighted by atomic mass is 19.4. The van der Waals surface area contributed by atoms with Crippen molar-refractivity contribution in [2.45, 2.75) is 51.7 Å². The topological polar surface area (TPSA) is 100 Å². The summed E-state index contributed by atoms with van der Waals surface area (Å²) in [5.74, 6) is 0.348. The third kappa shape index (κ3) is 4.37. The predicted octanol–water partition coefficient (Wildman–Crippen LogP) is 4.48. The first kappa shape index (κ1) is 24.7. The van der Waals surface area contributed by atoms with Gasteiger partial charge in [-0.3, -0.25) is 9.59 Å². The molecular formula is C27H28F3N5O3. The Morgan fingerprint density at radius 1 is 1.24 bits per heavy atom. The summed E-state index contributed by atoms with van der Waals surface area (Å²) < 4.78 is 46.7. The number of rotatable bonds is 6. The molecule has 11 heteroatoms. The first-order valence-corrected chi connectivity index (χ1v) is 12.8. The van der Waals surface area contributed by atoms with E-state index in [0.717, 1.165) is 37.8 Å². The number of halogens is 3.